The topological polar surface area (TPSA) is 102 Å². The number of phosphoric ester groups is 1. The van der Waals surface area contributed by atoms with Gasteiger partial charge in [0.05, 0.1) is 34.4 Å². The number of likely N-dealkylation sites (N-methyl/N-ethyl adjacent to an activating group) is 1. The van der Waals surface area contributed by atoms with Crippen molar-refractivity contribution in [3.05, 3.63) is 0 Å². The van der Waals surface area contributed by atoms with Gasteiger partial charge in [0.15, 0.2) is 0 Å². The van der Waals surface area contributed by atoms with Crippen molar-refractivity contribution in [1.82, 2.24) is 0 Å². The number of carbonyl (C=O) groups is 1. The van der Waals surface area contributed by atoms with E-state index < -0.39 is 14.0 Å². The molecule has 0 bridgehead atoms. The summed E-state index contributed by atoms with van der Waals surface area (Å²) >= 11 is 0. The van der Waals surface area contributed by atoms with Gasteiger partial charge in [-0.05, 0) is 12.8 Å². The van der Waals surface area contributed by atoms with Crippen molar-refractivity contribution in [2.45, 2.75) is 116 Å². The monoisotopic (exact) mass is 510 g/mol. The standard InChI is InChI=1S/C25H52NO7P/c1-5-6-7-8-9-10-11-12-13-14-15-16-17-18-21-31-25(27)32-22-19-20-24(26(2,3)4)23-33-34(28,29)30/h24H,5-23H2,1-4H3,(H-,28,29,30)/p+1. The minimum atomic E-state index is -4.49. The van der Waals surface area contributed by atoms with Gasteiger partial charge in [0.1, 0.15) is 12.6 Å². The Morgan fingerprint density at radius 1 is 0.735 bits per heavy atom. The van der Waals surface area contributed by atoms with Crippen LogP contribution in [0.15, 0.2) is 0 Å². The molecular formula is C25H53NO7P+. The van der Waals surface area contributed by atoms with Gasteiger partial charge < -0.3 is 23.7 Å². The number of hydrogen-bond donors (Lipinski definition) is 2. The van der Waals surface area contributed by atoms with Gasteiger partial charge in [0, 0.05) is 6.42 Å². The van der Waals surface area contributed by atoms with E-state index >= 15 is 0 Å². The lowest BCUT2D eigenvalue weighted by Crippen LogP contribution is -2.47. The van der Waals surface area contributed by atoms with Crippen LogP contribution in [-0.4, -0.2) is 67.4 Å². The first-order chi connectivity index (χ1) is 16.1. The van der Waals surface area contributed by atoms with Gasteiger partial charge in [-0.25, -0.2) is 9.36 Å². The van der Waals surface area contributed by atoms with Crippen LogP contribution in [0.5, 0.6) is 0 Å². The van der Waals surface area contributed by atoms with Crippen LogP contribution < -0.4 is 0 Å². The van der Waals surface area contributed by atoms with Crippen LogP contribution in [0.25, 0.3) is 0 Å². The zero-order valence-electron chi connectivity index (χ0n) is 22.3. The molecular weight excluding hydrogens is 457 g/mol. The number of hydrogen-bond acceptors (Lipinski definition) is 5. The number of quaternary nitrogens is 1. The molecule has 0 radical (unpaired) electrons. The highest BCUT2D eigenvalue weighted by Crippen LogP contribution is 2.36. The molecule has 0 aromatic carbocycles. The van der Waals surface area contributed by atoms with Crippen molar-refractivity contribution in [1.29, 1.82) is 0 Å². The molecule has 0 heterocycles. The van der Waals surface area contributed by atoms with Crippen molar-refractivity contribution in [3.63, 3.8) is 0 Å². The summed E-state index contributed by atoms with van der Waals surface area (Å²) in [6.07, 6.45) is 18.5. The third-order valence-electron chi connectivity index (χ3n) is 6.15. The number of ether oxygens (including phenoxy) is 2. The molecule has 204 valence electrons. The molecule has 0 aliphatic heterocycles. The highest BCUT2D eigenvalue weighted by atomic mass is 31.2. The van der Waals surface area contributed by atoms with Crippen molar-refractivity contribution in [2.75, 3.05) is 41.0 Å². The SMILES string of the molecule is CCCCCCCCCCCCCCCCOC(=O)OCCCC(COP(=O)(O)O)[N+](C)(C)C. The molecule has 1 atom stereocenters. The van der Waals surface area contributed by atoms with E-state index in [0.717, 1.165) is 12.8 Å². The first-order valence-corrected chi connectivity index (χ1v) is 14.9. The van der Waals surface area contributed by atoms with E-state index in [4.69, 9.17) is 19.3 Å². The number of nitrogens with zero attached hydrogens (tertiary/aromatic N) is 1. The average molecular weight is 511 g/mol. The fourth-order valence-corrected chi connectivity index (χ4v) is 4.21. The van der Waals surface area contributed by atoms with Gasteiger partial charge in [0.25, 0.3) is 0 Å². The zero-order chi connectivity index (χ0) is 25.7. The van der Waals surface area contributed by atoms with Crippen LogP contribution in [0.2, 0.25) is 0 Å². The minimum absolute atomic E-state index is 0.0582. The second-order valence-electron chi connectivity index (χ2n) is 10.2. The molecule has 0 aromatic heterocycles. The van der Waals surface area contributed by atoms with Crippen molar-refractivity contribution in [3.8, 4) is 0 Å². The predicted molar refractivity (Wildman–Crippen MR) is 137 cm³/mol. The smallest absolute Gasteiger partial charge is 0.434 e. The molecule has 0 amide bonds. The van der Waals surface area contributed by atoms with Crippen molar-refractivity contribution < 1.29 is 37.6 Å². The predicted octanol–water partition coefficient (Wildman–Crippen LogP) is 6.59. The first kappa shape index (κ1) is 33.3. The Bertz CT molecular complexity index is 534. The number of unbranched alkanes of at least 4 members (excludes halogenated alkanes) is 13. The molecule has 0 aliphatic rings. The van der Waals surface area contributed by atoms with Crippen LogP contribution in [0.1, 0.15) is 110 Å². The lowest BCUT2D eigenvalue weighted by atomic mass is 10.0. The Hall–Kier alpha value is -0.660. The number of rotatable bonds is 23. The normalized spacial score (nSPS) is 13.1. The molecule has 0 fully saturated rings. The lowest BCUT2D eigenvalue weighted by molar-refractivity contribution is -0.896. The third-order valence-corrected chi connectivity index (χ3v) is 6.64. The second-order valence-corrected chi connectivity index (χ2v) is 11.5. The Morgan fingerprint density at radius 2 is 1.15 bits per heavy atom. The first-order valence-electron chi connectivity index (χ1n) is 13.4. The highest BCUT2D eigenvalue weighted by molar-refractivity contribution is 7.46. The molecule has 0 saturated heterocycles. The van der Waals surface area contributed by atoms with Crippen molar-refractivity contribution >= 4 is 14.0 Å². The van der Waals surface area contributed by atoms with E-state index in [2.05, 4.69) is 11.4 Å². The lowest BCUT2D eigenvalue weighted by Gasteiger charge is -2.34. The van der Waals surface area contributed by atoms with Gasteiger partial charge in [-0.3, -0.25) is 4.52 Å². The van der Waals surface area contributed by atoms with E-state index in [-0.39, 0.29) is 19.3 Å². The van der Waals surface area contributed by atoms with Gasteiger partial charge in [-0.15, -0.1) is 0 Å². The molecule has 34 heavy (non-hydrogen) atoms. The summed E-state index contributed by atoms with van der Waals surface area (Å²) in [5, 5.41) is 0. The Morgan fingerprint density at radius 3 is 1.56 bits per heavy atom. The van der Waals surface area contributed by atoms with E-state index in [1.165, 1.54) is 77.0 Å². The summed E-state index contributed by atoms with van der Waals surface area (Å²) in [4.78, 5) is 29.5. The van der Waals surface area contributed by atoms with Crippen LogP contribution in [0.3, 0.4) is 0 Å². The Balaban J connectivity index is 3.56. The summed E-state index contributed by atoms with van der Waals surface area (Å²) in [6, 6.07) is -0.122. The minimum Gasteiger partial charge on any atom is -0.434 e. The maximum Gasteiger partial charge on any atom is 0.508 e. The molecule has 9 heteroatoms. The fourth-order valence-electron chi connectivity index (χ4n) is 3.85. The second kappa shape index (κ2) is 20.5. The average Bonchev–Trinajstić information content (AvgIpc) is 2.74. The zero-order valence-corrected chi connectivity index (χ0v) is 23.2. The summed E-state index contributed by atoms with van der Waals surface area (Å²) in [6.45, 7) is 2.80. The molecule has 0 saturated carbocycles. The number of carbonyl (C=O) groups excluding carboxylic acids is 1. The quantitative estimate of drug-likeness (QED) is 0.0692. The number of phosphoric acid groups is 1. The maximum atomic E-state index is 11.7. The van der Waals surface area contributed by atoms with E-state index in [1.54, 1.807) is 0 Å². The summed E-state index contributed by atoms with van der Waals surface area (Å²) in [7, 11) is 1.29. The van der Waals surface area contributed by atoms with Gasteiger partial charge >= 0.3 is 14.0 Å². The van der Waals surface area contributed by atoms with E-state index in [0.29, 0.717) is 23.9 Å². The molecule has 0 aliphatic carbocycles. The summed E-state index contributed by atoms with van der Waals surface area (Å²) in [5.74, 6) is 0. The maximum absolute atomic E-state index is 11.7. The van der Waals surface area contributed by atoms with E-state index in [9.17, 15) is 9.36 Å². The molecule has 0 rings (SSSR count). The largest absolute Gasteiger partial charge is 0.508 e. The van der Waals surface area contributed by atoms with Crippen LogP contribution in [0, 0.1) is 0 Å². The Kier molecular flexibility index (Phi) is 20.1. The summed E-state index contributed by atoms with van der Waals surface area (Å²) < 4.78 is 26.3. The van der Waals surface area contributed by atoms with Crippen LogP contribution in [-0.2, 0) is 18.6 Å². The Labute approximate surface area is 208 Å². The third kappa shape index (κ3) is 23.1. The van der Waals surface area contributed by atoms with Gasteiger partial charge in [-0.1, -0.05) is 90.4 Å². The van der Waals surface area contributed by atoms with Gasteiger partial charge in [0.2, 0.25) is 0 Å². The van der Waals surface area contributed by atoms with Gasteiger partial charge in [-0.2, -0.15) is 0 Å². The van der Waals surface area contributed by atoms with Crippen LogP contribution >= 0.6 is 7.82 Å². The summed E-state index contributed by atoms with van der Waals surface area (Å²) in [5.41, 5.74) is 0. The molecule has 8 nitrogen and oxygen atoms in total. The highest BCUT2D eigenvalue weighted by Gasteiger charge is 2.27. The molecule has 2 N–H and O–H groups in total. The molecule has 0 aromatic rings. The molecule has 1 unspecified atom stereocenters. The molecule has 0 spiro atoms. The van der Waals surface area contributed by atoms with Crippen LogP contribution in [0.4, 0.5) is 4.79 Å². The van der Waals surface area contributed by atoms with Crippen molar-refractivity contribution in [2.24, 2.45) is 0 Å². The van der Waals surface area contributed by atoms with E-state index in [1.807, 2.05) is 21.1 Å². The fraction of sp³-hybridized carbons (Fsp3) is 0.960.